The summed E-state index contributed by atoms with van der Waals surface area (Å²) in [6.45, 7) is 7.15. The first-order valence-electron chi connectivity index (χ1n) is 13.2. The molecule has 0 heterocycles. The van der Waals surface area contributed by atoms with Crippen LogP contribution in [-0.2, 0) is 4.79 Å². The zero-order valence-electron chi connectivity index (χ0n) is 21.5. The van der Waals surface area contributed by atoms with Crippen LogP contribution in [0.25, 0.3) is 0 Å². The number of rotatable bonds is 12. The molecule has 0 radical (unpaired) electrons. The first-order valence-corrected chi connectivity index (χ1v) is 13.2. The van der Waals surface area contributed by atoms with E-state index in [4.69, 9.17) is 14.2 Å². The van der Waals surface area contributed by atoms with Crippen LogP contribution < -0.4 is 14.2 Å². The average Bonchev–Trinajstić information content (AvgIpc) is 2.89. The van der Waals surface area contributed by atoms with Gasteiger partial charge in [-0.05, 0) is 86.1 Å². The first-order chi connectivity index (χ1) is 17.0. The van der Waals surface area contributed by atoms with Gasteiger partial charge < -0.3 is 14.2 Å². The van der Waals surface area contributed by atoms with Crippen molar-refractivity contribution in [3.8, 4) is 17.2 Å². The maximum Gasteiger partial charge on any atom is 0.343 e. The molecule has 0 aliphatic heterocycles. The highest BCUT2D eigenvalue weighted by molar-refractivity contribution is 5.91. The normalized spacial score (nSPS) is 18.5. The van der Waals surface area contributed by atoms with Gasteiger partial charge in [0.1, 0.15) is 17.2 Å². The van der Waals surface area contributed by atoms with Gasteiger partial charge in [-0.15, -0.1) is 0 Å². The fourth-order valence-corrected chi connectivity index (χ4v) is 4.35. The largest absolute Gasteiger partial charge is 0.493 e. The van der Waals surface area contributed by atoms with Gasteiger partial charge in [0, 0.05) is 0 Å². The van der Waals surface area contributed by atoms with Crippen molar-refractivity contribution in [2.24, 2.45) is 17.8 Å². The highest BCUT2D eigenvalue weighted by Gasteiger charge is 2.27. The fraction of sp³-hybridized carbons (Fsp3) is 0.533. The molecule has 2 aromatic carbocycles. The molecule has 0 N–H and O–H groups in total. The van der Waals surface area contributed by atoms with Crippen LogP contribution >= 0.6 is 0 Å². The number of benzene rings is 2. The van der Waals surface area contributed by atoms with Crippen LogP contribution in [0, 0.1) is 17.8 Å². The lowest BCUT2D eigenvalue weighted by molar-refractivity contribution is -0.140. The maximum absolute atomic E-state index is 12.6. The van der Waals surface area contributed by atoms with E-state index in [9.17, 15) is 9.59 Å². The second-order valence-corrected chi connectivity index (χ2v) is 9.84. The van der Waals surface area contributed by atoms with Gasteiger partial charge in [-0.3, -0.25) is 4.79 Å². The molecule has 5 nitrogen and oxygen atoms in total. The molecule has 2 aromatic rings. The lowest BCUT2D eigenvalue weighted by atomic mass is 9.80. The van der Waals surface area contributed by atoms with Gasteiger partial charge in [-0.25, -0.2) is 4.79 Å². The van der Waals surface area contributed by atoms with E-state index < -0.39 is 5.97 Å². The van der Waals surface area contributed by atoms with Crippen molar-refractivity contribution in [3.05, 3.63) is 54.1 Å². The number of ether oxygens (including phenoxy) is 3. The fourth-order valence-electron chi connectivity index (χ4n) is 4.35. The Balaban J connectivity index is 1.43. The van der Waals surface area contributed by atoms with Crippen molar-refractivity contribution in [1.82, 2.24) is 0 Å². The molecule has 35 heavy (non-hydrogen) atoms. The van der Waals surface area contributed by atoms with Gasteiger partial charge in [-0.2, -0.15) is 0 Å². The van der Waals surface area contributed by atoms with Crippen molar-refractivity contribution in [2.45, 2.75) is 78.6 Å². The Bertz CT molecular complexity index is 911. The minimum Gasteiger partial charge on any atom is -0.493 e. The summed E-state index contributed by atoms with van der Waals surface area (Å²) < 4.78 is 16.8. The van der Waals surface area contributed by atoms with E-state index in [1.807, 2.05) is 0 Å². The highest BCUT2D eigenvalue weighted by Crippen LogP contribution is 2.33. The molecule has 1 unspecified atom stereocenters. The lowest BCUT2D eigenvalue weighted by Crippen LogP contribution is -2.25. The summed E-state index contributed by atoms with van der Waals surface area (Å²) in [6, 6.07) is 13.6. The van der Waals surface area contributed by atoms with Gasteiger partial charge in [0.05, 0.1) is 18.1 Å². The van der Waals surface area contributed by atoms with Crippen molar-refractivity contribution in [1.29, 1.82) is 0 Å². The quantitative estimate of drug-likeness (QED) is 0.178. The second kappa shape index (κ2) is 13.9. The summed E-state index contributed by atoms with van der Waals surface area (Å²) in [4.78, 5) is 25.1. The molecule has 0 bridgehead atoms. The van der Waals surface area contributed by atoms with E-state index in [1.54, 1.807) is 48.5 Å². The molecule has 3 rings (SSSR count). The van der Waals surface area contributed by atoms with Crippen LogP contribution in [0.1, 0.15) is 88.9 Å². The summed E-state index contributed by atoms with van der Waals surface area (Å²) in [6.07, 6.45) is 10.2. The summed E-state index contributed by atoms with van der Waals surface area (Å²) in [5, 5.41) is 0. The van der Waals surface area contributed by atoms with Gasteiger partial charge >= 0.3 is 11.9 Å². The molecule has 1 aliphatic rings. The minimum atomic E-state index is -0.445. The van der Waals surface area contributed by atoms with Gasteiger partial charge in [0.15, 0.2) is 0 Å². The molecule has 1 atom stereocenters. The Hall–Kier alpha value is -2.82. The van der Waals surface area contributed by atoms with Crippen LogP contribution in [-0.4, -0.2) is 18.5 Å². The monoisotopic (exact) mass is 480 g/mol. The van der Waals surface area contributed by atoms with E-state index >= 15 is 0 Å². The van der Waals surface area contributed by atoms with Crippen molar-refractivity contribution in [3.63, 3.8) is 0 Å². The third-order valence-corrected chi connectivity index (χ3v) is 6.97. The third kappa shape index (κ3) is 8.72. The second-order valence-electron chi connectivity index (χ2n) is 9.84. The third-order valence-electron chi connectivity index (χ3n) is 6.97. The number of unbranched alkanes of at least 4 members (excludes halogenated alkanes) is 2. The highest BCUT2D eigenvalue weighted by atomic mass is 16.5. The number of hydrogen-bond donors (Lipinski definition) is 0. The van der Waals surface area contributed by atoms with Crippen molar-refractivity contribution >= 4 is 11.9 Å². The summed E-state index contributed by atoms with van der Waals surface area (Å²) in [5.41, 5.74) is 0.446. The Kier molecular flexibility index (Phi) is 10.6. The lowest BCUT2D eigenvalue weighted by Gasteiger charge is -2.27. The number of carbonyl (C=O) groups excluding carboxylic acids is 2. The van der Waals surface area contributed by atoms with Crippen molar-refractivity contribution in [2.75, 3.05) is 6.61 Å². The molecule has 0 saturated heterocycles. The van der Waals surface area contributed by atoms with Crippen LogP contribution in [0.15, 0.2) is 48.5 Å². The molecule has 1 aliphatic carbocycles. The molecule has 0 aromatic heterocycles. The average molecular weight is 481 g/mol. The number of carbonyl (C=O) groups is 2. The van der Waals surface area contributed by atoms with E-state index in [2.05, 4.69) is 20.8 Å². The molecule has 0 amide bonds. The Labute approximate surface area is 210 Å². The number of hydrogen-bond acceptors (Lipinski definition) is 5. The molecule has 1 saturated carbocycles. The van der Waals surface area contributed by atoms with Crippen LogP contribution in [0.4, 0.5) is 0 Å². The van der Waals surface area contributed by atoms with Crippen LogP contribution in [0.5, 0.6) is 17.2 Å². The molecular weight excluding hydrogens is 440 g/mol. The van der Waals surface area contributed by atoms with E-state index in [0.717, 1.165) is 43.8 Å². The zero-order chi connectivity index (χ0) is 25.0. The Morgan fingerprint density at radius 2 is 1.43 bits per heavy atom. The molecule has 0 spiro atoms. The Morgan fingerprint density at radius 1 is 0.829 bits per heavy atom. The summed E-state index contributed by atoms with van der Waals surface area (Å²) in [7, 11) is 0. The smallest absolute Gasteiger partial charge is 0.343 e. The standard InChI is InChI=1S/C30H40O5/c1-4-6-7-8-23-9-11-24(12-10-23)29(31)34-27-17-19-28(20-18-27)35-30(32)25-13-15-26(16-14-25)33-21-22(3)5-2/h13-20,22-24H,4-12,21H2,1-3H3. The summed E-state index contributed by atoms with van der Waals surface area (Å²) >= 11 is 0. The maximum atomic E-state index is 12.6. The zero-order valence-corrected chi connectivity index (χ0v) is 21.5. The Morgan fingerprint density at radius 3 is 2.03 bits per heavy atom. The predicted molar refractivity (Wildman–Crippen MR) is 138 cm³/mol. The van der Waals surface area contributed by atoms with E-state index in [-0.39, 0.29) is 11.9 Å². The minimum absolute atomic E-state index is 0.0212. The van der Waals surface area contributed by atoms with Gasteiger partial charge in [0.2, 0.25) is 0 Å². The molecule has 190 valence electrons. The SMILES string of the molecule is CCCCCC1CCC(C(=O)Oc2ccc(OC(=O)c3ccc(OCC(C)CC)cc3)cc2)CC1. The first kappa shape index (κ1) is 26.8. The van der Waals surface area contributed by atoms with E-state index in [1.165, 1.54) is 25.7 Å². The summed E-state index contributed by atoms with van der Waals surface area (Å²) in [5.74, 6) is 2.23. The molecule has 5 heteroatoms. The van der Waals surface area contributed by atoms with Gasteiger partial charge in [0.25, 0.3) is 0 Å². The van der Waals surface area contributed by atoms with Crippen LogP contribution in [0.2, 0.25) is 0 Å². The van der Waals surface area contributed by atoms with E-state index in [0.29, 0.717) is 29.6 Å². The van der Waals surface area contributed by atoms with Crippen molar-refractivity contribution < 1.29 is 23.8 Å². The van der Waals surface area contributed by atoms with Gasteiger partial charge in [-0.1, -0.05) is 52.9 Å². The topological polar surface area (TPSA) is 61.8 Å². The molecular formula is C30H40O5. The molecule has 1 fully saturated rings. The van der Waals surface area contributed by atoms with Crippen LogP contribution in [0.3, 0.4) is 0 Å². The predicted octanol–water partition coefficient (Wildman–Crippen LogP) is 7.62. The number of esters is 2.